The average Bonchev–Trinajstić information content (AvgIpc) is 3.74. The van der Waals surface area contributed by atoms with Gasteiger partial charge in [-0.15, -0.1) is 0 Å². The highest BCUT2D eigenvalue weighted by Gasteiger charge is 2.38. The number of aryl methyl sites for hydroxylation is 1. The molecule has 0 unspecified atom stereocenters. The number of likely N-dealkylation sites (tertiary alicyclic amines) is 1. The first-order valence-corrected chi connectivity index (χ1v) is 13.9. The quantitative estimate of drug-likeness (QED) is 0.485. The number of pyridine rings is 1. The molecule has 9 nitrogen and oxygen atoms in total. The number of methoxy groups -OCH3 is 1. The molecule has 3 aromatic rings. The number of hydrogen-bond acceptors (Lipinski definition) is 7. The summed E-state index contributed by atoms with van der Waals surface area (Å²) in [5, 5.41) is 3.10. The molecule has 2 aromatic carbocycles. The summed E-state index contributed by atoms with van der Waals surface area (Å²) in [4.78, 5) is 31.1. The van der Waals surface area contributed by atoms with Crippen LogP contribution in [0.4, 0.5) is 11.4 Å². The highest BCUT2D eigenvalue weighted by atomic mass is 32.2. The zero-order valence-corrected chi connectivity index (χ0v) is 21.7. The van der Waals surface area contributed by atoms with E-state index in [0.29, 0.717) is 54.0 Å². The number of piperidine rings is 1. The van der Waals surface area contributed by atoms with E-state index in [9.17, 15) is 18.0 Å². The lowest BCUT2D eigenvalue weighted by molar-refractivity contribution is -0.133. The Hall–Kier alpha value is -3.66. The first kappa shape index (κ1) is 25.0. The van der Waals surface area contributed by atoms with Crippen LogP contribution in [0.2, 0.25) is 0 Å². The van der Waals surface area contributed by atoms with Crippen LogP contribution in [0, 0.1) is 12.8 Å². The summed E-state index contributed by atoms with van der Waals surface area (Å²) in [6, 6.07) is 10.6. The van der Waals surface area contributed by atoms with E-state index in [2.05, 4.69) is 10.3 Å². The van der Waals surface area contributed by atoms with Gasteiger partial charge in [-0.1, -0.05) is 6.07 Å². The van der Waals surface area contributed by atoms with Crippen molar-refractivity contribution < 1.29 is 22.7 Å². The molecule has 1 saturated carbocycles. The fraction of sp³-hybridized carbons (Fsp3) is 0.370. The van der Waals surface area contributed by atoms with Crippen molar-refractivity contribution >= 4 is 43.9 Å². The fourth-order valence-corrected chi connectivity index (χ4v) is 6.92. The number of nitrogens with one attached hydrogen (secondary N) is 1. The molecule has 2 aliphatic rings. The number of sulfone groups is 1. The minimum absolute atomic E-state index is 0.119. The molecule has 1 saturated heterocycles. The number of carbonyl (C=O) groups excluding carboxylic acids is 2. The first-order valence-electron chi connectivity index (χ1n) is 12.4. The lowest BCUT2D eigenvalue weighted by Crippen LogP contribution is -2.43. The minimum atomic E-state index is -3.76. The molecule has 2 heterocycles. The number of carbonyl (C=O) groups is 2. The molecule has 37 heavy (non-hydrogen) atoms. The van der Waals surface area contributed by atoms with Gasteiger partial charge in [0.2, 0.25) is 5.91 Å². The smallest absolute Gasteiger partial charge is 0.252 e. The van der Waals surface area contributed by atoms with Gasteiger partial charge in [0.25, 0.3) is 5.91 Å². The summed E-state index contributed by atoms with van der Waals surface area (Å²) in [5.74, 6) is 0.201. The molecule has 0 bridgehead atoms. The number of nitrogens with zero attached hydrogens (tertiary/aromatic N) is 2. The summed E-state index contributed by atoms with van der Waals surface area (Å²) in [7, 11) is -2.20. The summed E-state index contributed by atoms with van der Waals surface area (Å²) in [6.07, 6.45) is 3.93. The molecule has 2 amide bonds. The van der Waals surface area contributed by atoms with Crippen LogP contribution in [0.1, 0.15) is 41.6 Å². The van der Waals surface area contributed by atoms with Gasteiger partial charge in [-0.2, -0.15) is 0 Å². The lowest BCUT2D eigenvalue weighted by Gasteiger charge is -2.32. The van der Waals surface area contributed by atoms with Gasteiger partial charge in [0.15, 0.2) is 9.84 Å². The van der Waals surface area contributed by atoms with E-state index in [4.69, 9.17) is 10.5 Å². The van der Waals surface area contributed by atoms with Gasteiger partial charge in [-0.05, 0) is 62.4 Å². The lowest BCUT2D eigenvalue weighted by atomic mass is 10.1. The summed E-state index contributed by atoms with van der Waals surface area (Å²) in [6.45, 7) is 2.68. The Balaban J connectivity index is 1.55. The third kappa shape index (κ3) is 4.85. The second-order valence-corrected chi connectivity index (χ2v) is 12.0. The molecule has 2 fully saturated rings. The van der Waals surface area contributed by atoms with E-state index in [-0.39, 0.29) is 27.8 Å². The Labute approximate surface area is 215 Å². The molecule has 1 aliphatic carbocycles. The van der Waals surface area contributed by atoms with Crippen LogP contribution in [-0.2, 0) is 14.6 Å². The van der Waals surface area contributed by atoms with E-state index in [0.717, 1.165) is 12.8 Å². The number of hydrogen-bond donors (Lipinski definition) is 2. The van der Waals surface area contributed by atoms with Crippen molar-refractivity contribution in [1.82, 2.24) is 9.88 Å². The van der Waals surface area contributed by atoms with Crippen LogP contribution in [0.15, 0.2) is 47.5 Å². The van der Waals surface area contributed by atoms with Crippen LogP contribution in [0.5, 0.6) is 5.75 Å². The number of aromatic nitrogens is 1. The molecular formula is C27H30N4O5S. The van der Waals surface area contributed by atoms with Crippen LogP contribution in [0.25, 0.3) is 10.9 Å². The third-order valence-electron chi connectivity index (χ3n) is 7.11. The number of benzene rings is 2. The van der Waals surface area contributed by atoms with E-state index in [1.54, 1.807) is 42.3 Å². The number of ether oxygens (including phenoxy) is 1. The van der Waals surface area contributed by atoms with E-state index >= 15 is 0 Å². The summed E-state index contributed by atoms with van der Waals surface area (Å²) >= 11 is 0. The highest BCUT2D eigenvalue weighted by molar-refractivity contribution is 7.92. The SMILES string of the molecule is COc1cccc(Nc2c(C(N)=O)cnc3c(S(=O)(=O)C4CCN(C(=O)C5CC5)CC4)cc(C)cc23)c1. The fourth-order valence-electron chi connectivity index (χ4n) is 4.95. The second-order valence-electron chi connectivity index (χ2n) is 9.77. The van der Waals surface area contributed by atoms with Crippen molar-refractivity contribution in [3.05, 3.63) is 53.7 Å². The first-order chi connectivity index (χ1) is 17.7. The van der Waals surface area contributed by atoms with Crippen LogP contribution < -0.4 is 15.8 Å². The molecule has 0 atom stereocenters. The molecule has 10 heteroatoms. The normalized spacial score (nSPS) is 16.5. The van der Waals surface area contributed by atoms with Gasteiger partial charge in [0.05, 0.1) is 34.0 Å². The van der Waals surface area contributed by atoms with Crippen molar-refractivity contribution in [3.63, 3.8) is 0 Å². The van der Waals surface area contributed by atoms with Crippen molar-refractivity contribution in [2.24, 2.45) is 11.7 Å². The second kappa shape index (κ2) is 9.66. The molecular weight excluding hydrogens is 492 g/mol. The molecule has 194 valence electrons. The van der Waals surface area contributed by atoms with Crippen molar-refractivity contribution in [2.75, 3.05) is 25.5 Å². The van der Waals surface area contributed by atoms with Crippen LogP contribution in [0.3, 0.4) is 0 Å². The van der Waals surface area contributed by atoms with Crippen molar-refractivity contribution in [3.8, 4) is 5.75 Å². The zero-order chi connectivity index (χ0) is 26.3. The number of nitrogens with two attached hydrogens (primary N) is 1. The van der Waals surface area contributed by atoms with Gasteiger partial charge in [0, 0.05) is 42.3 Å². The largest absolute Gasteiger partial charge is 0.497 e. The van der Waals surface area contributed by atoms with Gasteiger partial charge in [-0.3, -0.25) is 14.6 Å². The maximum Gasteiger partial charge on any atom is 0.252 e. The molecule has 1 aliphatic heterocycles. The van der Waals surface area contributed by atoms with Crippen LogP contribution >= 0.6 is 0 Å². The predicted octanol–water partition coefficient (Wildman–Crippen LogP) is 3.57. The Morgan fingerprint density at radius 1 is 1.11 bits per heavy atom. The van der Waals surface area contributed by atoms with Gasteiger partial charge in [-0.25, -0.2) is 8.42 Å². The summed E-state index contributed by atoms with van der Waals surface area (Å²) in [5.41, 5.74) is 7.83. The highest BCUT2D eigenvalue weighted by Crippen LogP contribution is 2.37. The topological polar surface area (TPSA) is 132 Å². The van der Waals surface area contributed by atoms with E-state index in [1.807, 2.05) is 13.0 Å². The Bertz CT molecular complexity index is 1490. The molecule has 5 rings (SSSR count). The molecule has 0 radical (unpaired) electrons. The monoisotopic (exact) mass is 522 g/mol. The summed E-state index contributed by atoms with van der Waals surface area (Å²) < 4.78 is 33.1. The number of fused-ring (bicyclic) bond motifs is 1. The minimum Gasteiger partial charge on any atom is -0.497 e. The maximum absolute atomic E-state index is 13.9. The number of anilines is 2. The van der Waals surface area contributed by atoms with Gasteiger partial charge < -0.3 is 20.7 Å². The Morgan fingerprint density at radius 3 is 2.49 bits per heavy atom. The average molecular weight is 523 g/mol. The van der Waals surface area contributed by atoms with Gasteiger partial charge in [0.1, 0.15) is 5.75 Å². The molecule has 1 aromatic heterocycles. The Kier molecular flexibility index (Phi) is 6.53. The molecule has 3 N–H and O–H groups in total. The number of amides is 2. The third-order valence-corrected chi connectivity index (χ3v) is 9.38. The van der Waals surface area contributed by atoms with E-state index in [1.165, 1.54) is 6.20 Å². The maximum atomic E-state index is 13.9. The van der Waals surface area contributed by atoms with Crippen LogP contribution in [-0.4, -0.2) is 55.6 Å². The standard InChI is InChI=1S/C27H30N4O5S/c1-16-12-21-24(30-18-4-3-5-19(14-18)36-2)22(26(28)32)15-29-25(21)23(13-16)37(34,35)20-8-10-31(11-9-20)27(33)17-6-7-17/h3-5,12-15,17,20H,6-11H2,1-2H3,(H2,28,32)(H,29,30). The Morgan fingerprint density at radius 2 is 1.84 bits per heavy atom. The van der Waals surface area contributed by atoms with Crippen molar-refractivity contribution in [1.29, 1.82) is 0 Å². The predicted molar refractivity (Wildman–Crippen MR) is 141 cm³/mol. The number of primary amides is 1. The zero-order valence-electron chi connectivity index (χ0n) is 20.9. The molecule has 0 spiro atoms. The number of rotatable bonds is 7. The van der Waals surface area contributed by atoms with E-state index < -0.39 is 21.0 Å². The van der Waals surface area contributed by atoms with Crippen molar-refractivity contribution in [2.45, 2.75) is 42.8 Å². The van der Waals surface area contributed by atoms with Gasteiger partial charge >= 0.3 is 0 Å².